The number of likely N-dealkylation sites (tertiary alicyclic amines) is 1. The van der Waals surface area contributed by atoms with Crippen LogP contribution in [-0.2, 0) is 14.3 Å². The number of benzene rings is 1. The van der Waals surface area contributed by atoms with Gasteiger partial charge >= 0.3 is 5.97 Å². The maximum absolute atomic E-state index is 12.1. The van der Waals surface area contributed by atoms with Gasteiger partial charge in [0.05, 0.1) is 12.5 Å². The molecule has 0 unspecified atom stereocenters. The van der Waals surface area contributed by atoms with Gasteiger partial charge in [0.25, 0.3) is 0 Å². The van der Waals surface area contributed by atoms with Crippen molar-refractivity contribution >= 4 is 23.6 Å². The van der Waals surface area contributed by atoms with Gasteiger partial charge in [0, 0.05) is 24.9 Å². The van der Waals surface area contributed by atoms with Gasteiger partial charge in [-0.25, -0.2) is 0 Å². The third-order valence-electron chi connectivity index (χ3n) is 3.78. The molecule has 0 bridgehead atoms. The summed E-state index contributed by atoms with van der Waals surface area (Å²) >= 11 is 0. The van der Waals surface area contributed by atoms with E-state index in [9.17, 15) is 9.59 Å². The Labute approximate surface area is 130 Å². The molecule has 0 spiro atoms. The molecule has 1 heterocycles. The zero-order chi connectivity index (χ0) is 15.9. The third kappa shape index (κ3) is 4.35. The van der Waals surface area contributed by atoms with E-state index in [1.807, 2.05) is 12.1 Å². The number of hydrogen-bond donors (Lipinski definition) is 1. The Hall–Kier alpha value is -2.30. The number of carbonyl (C=O) groups excluding carboxylic acids is 2. The molecule has 1 saturated heterocycles. The molecular formula is C17H22N2O3. The highest BCUT2D eigenvalue weighted by Crippen LogP contribution is 2.19. The Morgan fingerprint density at radius 2 is 1.91 bits per heavy atom. The summed E-state index contributed by atoms with van der Waals surface area (Å²) in [5, 5.41) is 0. The number of nitrogen functional groups attached to an aromatic ring is 1. The number of piperidine rings is 1. The number of amides is 1. The molecule has 2 N–H and O–H groups in total. The molecule has 1 amide bonds. The van der Waals surface area contributed by atoms with E-state index < -0.39 is 0 Å². The van der Waals surface area contributed by atoms with Crippen molar-refractivity contribution < 1.29 is 14.3 Å². The van der Waals surface area contributed by atoms with Gasteiger partial charge in [-0.1, -0.05) is 12.1 Å². The van der Waals surface area contributed by atoms with Crippen molar-refractivity contribution in [3.63, 3.8) is 0 Å². The minimum absolute atomic E-state index is 0.0286. The SMILES string of the molecule is CCOC(=O)C1CCN(C(=O)/C=C/c2ccc(N)cc2)CC1. The van der Waals surface area contributed by atoms with Crippen LogP contribution in [0.2, 0.25) is 0 Å². The molecule has 1 aromatic rings. The second-order valence-electron chi connectivity index (χ2n) is 5.35. The maximum Gasteiger partial charge on any atom is 0.309 e. The number of ether oxygens (including phenoxy) is 1. The number of nitrogens with zero attached hydrogens (tertiary/aromatic N) is 1. The Bertz CT molecular complexity index is 544. The van der Waals surface area contributed by atoms with Crippen LogP contribution in [0.1, 0.15) is 25.3 Å². The summed E-state index contributed by atoms with van der Waals surface area (Å²) in [6.45, 7) is 3.39. The number of hydrogen-bond acceptors (Lipinski definition) is 4. The molecule has 0 saturated carbocycles. The van der Waals surface area contributed by atoms with E-state index in [4.69, 9.17) is 10.5 Å². The second kappa shape index (κ2) is 7.64. The van der Waals surface area contributed by atoms with Gasteiger partial charge in [0.2, 0.25) is 5.91 Å². The van der Waals surface area contributed by atoms with Crippen LogP contribution >= 0.6 is 0 Å². The number of anilines is 1. The minimum atomic E-state index is -0.146. The number of carbonyl (C=O) groups is 2. The van der Waals surface area contributed by atoms with E-state index in [0.717, 1.165) is 5.56 Å². The molecule has 1 aliphatic rings. The van der Waals surface area contributed by atoms with Gasteiger partial charge in [-0.05, 0) is 43.5 Å². The first-order valence-corrected chi connectivity index (χ1v) is 7.59. The van der Waals surface area contributed by atoms with Gasteiger partial charge in [-0.15, -0.1) is 0 Å². The Balaban J connectivity index is 1.84. The van der Waals surface area contributed by atoms with E-state index >= 15 is 0 Å². The largest absolute Gasteiger partial charge is 0.466 e. The number of rotatable bonds is 4. The van der Waals surface area contributed by atoms with Gasteiger partial charge < -0.3 is 15.4 Å². The molecule has 1 fully saturated rings. The van der Waals surface area contributed by atoms with Crippen LogP contribution in [0.25, 0.3) is 6.08 Å². The van der Waals surface area contributed by atoms with E-state index in [2.05, 4.69) is 0 Å². The summed E-state index contributed by atoms with van der Waals surface area (Å²) in [4.78, 5) is 25.6. The van der Waals surface area contributed by atoms with E-state index in [1.165, 1.54) is 0 Å². The van der Waals surface area contributed by atoms with Gasteiger partial charge in [0.1, 0.15) is 0 Å². The molecule has 0 atom stereocenters. The Morgan fingerprint density at radius 1 is 1.27 bits per heavy atom. The summed E-state index contributed by atoms with van der Waals surface area (Å²) < 4.78 is 5.03. The monoisotopic (exact) mass is 302 g/mol. The lowest BCUT2D eigenvalue weighted by atomic mass is 9.97. The van der Waals surface area contributed by atoms with Crippen molar-refractivity contribution in [3.05, 3.63) is 35.9 Å². The number of nitrogens with two attached hydrogens (primary N) is 1. The van der Waals surface area contributed by atoms with Crippen molar-refractivity contribution in [2.24, 2.45) is 5.92 Å². The lowest BCUT2D eigenvalue weighted by Gasteiger charge is -2.30. The van der Waals surface area contributed by atoms with E-state index in [0.29, 0.717) is 38.2 Å². The first-order chi connectivity index (χ1) is 10.6. The molecule has 5 nitrogen and oxygen atoms in total. The van der Waals surface area contributed by atoms with E-state index in [-0.39, 0.29) is 17.8 Å². The lowest BCUT2D eigenvalue weighted by Crippen LogP contribution is -2.39. The Morgan fingerprint density at radius 3 is 2.50 bits per heavy atom. The van der Waals surface area contributed by atoms with E-state index in [1.54, 1.807) is 36.1 Å². The predicted molar refractivity (Wildman–Crippen MR) is 85.8 cm³/mol. The first-order valence-electron chi connectivity index (χ1n) is 7.59. The summed E-state index contributed by atoms with van der Waals surface area (Å²) in [6, 6.07) is 7.34. The minimum Gasteiger partial charge on any atom is -0.466 e. The first kappa shape index (κ1) is 16.1. The second-order valence-corrected chi connectivity index (χ2v) is 5.35. The maximum atomic E-state index is 12.1. The Kier molecular flexibility index (Phi) is 5.58. The van der Waals surface area contributed by atoms with Gasteiger partial charge in [0.15, 0.2) is 0 Å². The van der Waals surface area contributed by atoms with Crippen LogP contribution in [0.15, 0.2) is 30.3 Å². The van der Waals surface area contributed by atoms with Crippen LogP contribution in [-0.4, -0.2) is 36.5 Å². The van der Waals surface area contributed by atoms with Crippen LogP contribution in [0.5, 0.6) is 0 Å². The van der Waals surface area contributed by atoms with Crippen LogP contribution in [0.4, 0.5) is 5.69 Å². The highest BCUT2D eigenvalue weighted by Gasteiger charge is 2.27. The number of esters is 1. The fourth-order valence-corrected chi connectivity index (χ4v) is 2.48. The smallest absolute Gasteiger partial charge is 0.309 e. The fourth-order valence-electron chi connectivity index (χ4n) is 2.48. The fraction of sp³-hybridized carbons (Fsp3) is 0.412. The lowest BCUT2D eigenvalue weighted by molar-refractivity contribution is -0.150. The molecule has 1 aliphatic heterocycles. The molecule has 2 rings (SSSR count). The summed E-state index contributed by atoms with van der Waals surface area (Å²) in [7, 11) is 0. The molecule has 118 valence electrons. The van der Waals surface area contributed by atoms with Crippen molar-refractivity contribution in [2.75, 3.05) is 25.4 Å². The zero-order valence-corrected chi connectivity index (χ0v) is 12.8. The molecule has 0 aliphatic carbocycles. The molecule has 0 aromatic heterocycles. The predicted octanol–water partition coefficient (Wildman–Crippen LogP) is 2.08. The average molecular weight is 302 g/mol. The zero-order valence-electron chi connectivity index (χ0n) is 12.8. The third-order valence-corrected chi connectivity index (χ3v) is 3.78. The van der Waals surface area contributed by atoms with Crippen molar-refractivity contribution in [1.29, 1.82) is 0 Å². The summed E-state index contributed by atoms with van der Waals surface area (Å²) in [5.74, 6) is -0.253. The van der Waals surface area contributed by atoms with Crippen molar-refractivity contribution in [2.45, 2.75) is 19.8 Å². The van der Waals surface area contributed by atoms with Gasteiger partial charge in [-0.3, -0.25) is 9.59 Å². The van der Waals surface area contributed by atoms with Crippen LogP contribution < -0.4 is 5.73 Å². The van der Waals surface area contributed by atoms with Crippen LogP contribution in [0, 0.1) is 5.92 Å². The summed E-state index contributed by atoms with van der Waals surface area (Å²) in [5.41, 5.74) is 7.25. The average Bonchev–Trinajstić information content (AvgIpc) is 2.54. The highest BCUT2D eigenvalue weighted by atomic mass is 16.5. The molecular weight excluding hydrogens is 280 g/mol. The molecule has 1 aromatic carbocycles. The van der Waals surface area contributed by atoms with Crippen molar-refractivity contribution in [3.8, 4) is 0 Å². The topological polar surface area (TPSA) is 72.6 Å². The molecule has 22 heavy (non-hydrogen) atoms. The quantitative estimate of drug-likeness (QED) is 0.525. The molecule has 5 heteroatoms. The molecule has 0 radical (unpaired) electrons. The van der Waals surface area contributed by atoms with Gasteiger partial charge in [-0.2, -0.15) is 0 Å². The van der Waals surface area contributed by atoms with Crippen LogP contribution in [0.3, 0.4) is 0 Å². The summed E-state index contributed by atoms with van der Waals surface area (Å²) in [6.07, 6.45) is 4.68. The standard InChI is InChI=1S/C17H22N2O3/c1-2-22-17(21)14-9-11-19(12-10-14)16(20)8-5-13-3-6-15(18)7-4-13/h3-8,14H,2,9-12,18H2,1H3/b8-5+. The normalized spacial score (nSPS) is 16.0. The van der Waals surface area contributed by atoms with Crippen molar-refractivity contribution in [1.82, 2.24) is 4.90 Å². The highest BCUT2D eigenvalue weighted by molar-refractivity contribution is 5.92.